The van der Waals surface area contributed by atoms with Crippen LogP contribution < -0.4 is 5.32 Å². The number of carbonyl (C=O) groups is 1. The second-order valence-electron chi connectivity index (χ2n) is 5.98. The molecule has 2 aromatic rings. The quantitative estimate of drug-likeness (QED) is 0.926. The molecule has 0 radical (unpaired) electrons. The molecule has 0 aliphatic carbocycles. The minimum absolute atomic E-state index is 0.0203. The largest absolute Gasteiger partial charge is 0.336 e. The van der Waals surface area contributed by atoms with Gasteiger partial charge >= 0.3 is 0 Å². The zero-order valence-corrected chi connectivity index (χ0v) is 14.5. The zero-order valence-electron chi connectivity index (χ0n) is 13.8. The minimum atomic E-state index is -0.0203. The molecule has 1 aliphatic rings. The zero-order chi connectivity index (χ0) is 17.1. The summed E-state index contributed by atoms with van der Waals surface area (Å²) in [6, 6.07) is 5.66. The van der Waals surface area contributed by atoms with Crippen molar-refractivity contribution in [2.75, 3.05) is 38.5 Å². The van der Waals surface area contributed by atoms with E-state index < -0.39 is 0 Å². The molecule has 6 nitrogen and oxygen atoms in total. The molecule has 126 valence electrons. The highest BCUT2D eigenvalue weighted by Gasteiger charge is 2.20. The first-order valence-electron chi connectivity index (χ1n) is 7.86. The Hall–Kier alpha value is -2.18. The van der Waals surface area contributed by atoms with Crippen LogP contribution in [0.1, 0.15) is 15.9 Å². The Labute approximate surface area is 146 Å². The first kappa shape index (κ1) is 16.7. The molecule has 7 heteroatoms. The lowest BCUT2D eigenvalue weighted by Gasteiger charge is -2.32. The molecule has 1 saturated heterocycles. The molecule has 0 unspecified atom stereocenters. The molecule has 1 N–H and O–H groups in total. The van der Waals surface area contributed by atoms with E-state index in [4.69, 9.17) is 11.6 Å². The Morgan fingerprint density at radius 1 is 1.17 bits per heavy atom. The van der Waals surface area contributed by atoms with E-state index in [1.54, 1.807) is 12.4 Å². The number of halogens is 1. The number of likely N-dealkylation sites (N-methyl/N-ethyl adjacent to an activating group) is 1. The van der Waals surface area contributed by atoms with Crippen molar-refractivity contribution < 1.29 is 4.79 Å². The molecule has 0 saturated carbocycles. The third-order valence-electron chi connectivity index (χ3n) is 4.12. The topological polar surface area (TPSA) is 61.4 Å². The number of carbonyl (C=O) groups excluding carboxylic acids is 1. The van der Waals surface area contributed by atoms with Crippen LogP contribution in [0.2, 0.25) is 5.02 Å². The van der Waals surface area contributed by atoms with Gasteiger partial charge in [-0.25, -0.2) is 9.97 Å². The number of amides is 1. The normalized spacial score (nSPS) is 15.4. The maximum absolute atomic E-state index is 12.4. The number of hydrogen-bond acceptors (Lipinski definition) is 5. The van der Waals surface area contributed by atoms with Gasteiger partial charge in [-0.2, -0.15) is 0 Å². The van der Waals surface area contributed by atoms with Crippen molar-refractivity contribution in [3.63, 3.8) is 0 Å². The molecule has 0 bridgehead atoms. The molecule has 0 atom stereocenters. The Kier molecular flexibility index (Phi) is 4.97. The van der Waals surface area contributed by atoms with Gasteiger partial charge < -0.3 is 15.1 Å². The van der Waals surface area contributed by atoms with Crippen LogP contribution in [-0.2, 0) is 0 Å². The van der Waals surface area contributed by atoms with Crippen LogP contribution in [0.15, 0.2) is 30.6 Å². The summed E-state index contributed by atoms with van der Waals surface area (Å²) < 4.78 is 0. The van der Waals surface area contributed by atoms with Gasteiger partial charge in [0.2, 0.25) is 5.95 Å². The fourth-order valence-electron chi connectivity index (χ4n) is 2.49. The van der Waals surface area contributed by atoms with E-state index in [1.807, 2.05) is 30.0 Å². The molecule has 1 aromatic carbocycles. The number of nitrogens with zero attached hydrogens (tertiary/aromatic N) is 4. The summed E-state index contributed by atoms with van der Waals surface area (Å²) in [6.07, 6.45) is 3.12. The number of hydrogen-bond donors (Lipinski definition) is 1. The first-order valence-corrected chi connectivity index (χ1v) is 8.24. The van der Waals surface area contributed by atoms with Gasteiger partial charge in [0.15, 0.2) is 0 Å². The lowest BCUT2D eigenvalue weighted by molar-refractivity contribution is 0.0663. The highest BCUT2D eigenvalue weighted by Crippen LogP contribution is 2.21. The van der Waals surface area contributed by atoms with Crippen LogP contribution in [0.4, 0.5) is 11.6 Å². The monoisotopic (exact) mass is 345 g/mol. The lowest BCUT2D eigenvalue weighted by atomic mass is 10.2. The van der Waals surface area contributed by atoms with Crippen molar-refractivity contribution >= 4 is 29.1 Å². The second kappa shape index (κ2) is 7.15. The van der Waals surface area contributed by atoms with E-state index in [0.717, 1.165) is 37.4 Å². The van der Waals surface area contributed by atoms with Crippen LogP contribution in [0, 0.1) is 6.92 Å². The Bertz CT molecular complexity index is 726. The van der Waals surface area contributed by atoms with Crippen LogP contribution in [0.5, 0.6) is 0 Å². The van der Waals surface area contributed by atoms with E-state index in [-0.39, 0.29) is 5.91 Å². The highest BCUT2D eigenvalue weighted by atomic mass is 35.5. The predicted molar refractivity (Wildman–Crippen MR) is 94.9 cm³/mol. The van der Waals surface area contributed by atoms with Gasteiger partial charge in [-0.1, -0.05) is 17.7 Å². The fourth-order valence-corrected chi connectivity index (χ4v) is 2.68. The van der Waals surface area contributed by atoms with E-state index in [0.29, 0.717) is 16.5 Å². The van der Waals surface area contributed by atoms with Gasteiger partial charge in [-0.15, -0.1) is 0 Å². The smallest absolute Gasteiger partial charge is 0.257 e. The number of benzene rings is 1. The van der Waals surface area contributed by atoms with E-state index in [1.165, 1.54) is 0 Å². The molecular formula is C17H20ClN5O. The Morgan fingerprint density at radius 3 is 2.46 bits per heavy atom. The van der Waals surface area contributed by atoms with Gasteiger partial charge in [0.25, 0.3) is 5.91 Å². The second-order valence-corrected chi connectivity index (χ2v) is 6.39. The maximum Gasteiger partial charge on any atom is 0.257 e. The number of aryl methyl sites for hydroxylation is 1. The first-order chi connectivity index (χ1) is 11.5. The van der Waals surface area contributed by atoms with Gasteiger partial charge in [0.1, 0.15) is 0 Å². The molecule has 24 heavy (non-hydrogen) atoms. The van der Waals surface area contributed by atoms with Gasteiger partial charge in [-0.3, -0.25) is 4.79 Å². The molecule has 1 amide bonds. The van der Waals surface area contributed by atoms with Crippen LogP contribution >= 0.6 is 11.6 Å². The lowest BCUT2D eigenvalue weighted by Crippen LogP contribution is -2.47. The molecule has 1 aromatic heterocycles. The summed E-state index contributed by atoms with van der Waals surface area (Å²) in [5.74, 6) is 0.415. The molecular weight excluding hydrogens is 326 g/mol. The van der Waals surface area contributed by atoms with Crippen molar-refractivity contribution in [1.82, 2.24) is 19.8 Å². The third kappa shape index (κ3) is 3.83. The predicted octanol–water partition coefficient (Wildman–Crippen LogP) is 2.57. The Morgan fingerprint density at radius 2 is 1.83 bits per heavy atom. The van der Waals surface area contributed by atoms with Gasteiger partial charge in [0, 0.05) is 49.3 Å². The molecule has 1 aliphatic heterocycles. The van der Waals surface area contributed by atoms with Crippen molar-refractivity contribution in [3.05, 3.63) is 46.7 Å². The van der Waals surface area contributed by atoms with E-state index >= 15 is 0 Å². The third-order valence-corrected chi connectivity index (χ3v) is 4.52. The summed E-state index contributed by atoms with van der Waals surface area (Å²) in [4.78, 5) is 25.0. The van der Waals surface area contributed by atoms with Crippen LogP contribution in [-0.4, -0.2) is 58.9 Å². The minimum Gasteiger partial charge on any atom is -0.336 e. The molecule has 3 rings (SSSR count). The number of rotatable bonds is 3. The maximum atomic E-state index is 12.4. The van der Waals surface area contributed by atoms with Gasteiger partial charge in [0.05, 0.1) is 5.56 Å². The van der Waals surface area contributed by atoms with Crippen molar-refractivity contribution in [3.8, 4) is 0 Å². The molecule has 1 fully saturated rings. The summed E-state index contributed by atoms with van der Waals surface area (Å²) >= 11 is 6.11. The van der Waals surface area contributed by atoms with Crippen molar-refractivity contribution in [2.24, 2.45) is 0 Å². The van der Waals surface area contributed by atoms with Crippen LogP contribution in [0.3, 0.4) is 0 Å². The van der Waals surface area contributed by atoms with Gasteiger partial charge in [-0.05, 0) is 31.7 Å². The standard InChI is InChI=1S/C17H20ClN5O/c1-12-3-4-14(9-15(12)18)21-17-19-10-13(11-20-17)16(24)23-7-5-22(2)6-8-23/h3-4,9-11H,5-8H2,1-2H3,(H,19,20,21). The summed E-state index contributed by atoms with van der Waals surface area (Å²) in [5, 5.41) is 3.77. The van der Waals surface area contributed by atoms with E-state index in [9.17, 15) is 4.79 Å². The summed E-state index contributed by atoms with van der Waals surface area (Å²) in [5.41, 5.74) is 2.33. The number of piperazine rings is 1. The average Bonchev–Trinajstić information content (AvgIpc) is 2.59. The SMILES string of the molecule is Cc1ccc(Nc2ncc(C(=O)N3CCN(C)CC3)cn2)cc1Cl. The highest BCUT2D eigenvalue weighted by molar-refractivity contribution is 6.31. The van der Waals surface area contributed by atoms with E-state index in [2.05, 4.69) is 27.2 Å². The number of nitrogens with one attached hydrogen (secondary N) is 1. The Balaban J connectivity index is 1.66. The number of aromatic nitrogens is 2. The summed E-state index contributed by atoms with van der Waals surface area (Å²) in [6.45, 7) is 5.19. The summed E-state index contributed by atoms with van der Waals surface area (Å²) in [7, 11) is 2.06. The molecule has 0 spiro atoms. The average molecular weight is 346 g/mol. The fraction of sp³-hybridized carbons (Fsp3) is 0.353. The van der Waals surface area contributed by atoms with Crippen molar-refractivity contribution in [1.29, 1.82) is 0 Å². The molecule has 2 heterocycles. The number of anilines is 2. The van der Waals surface area contributed by atoms with Crippen LogP contribution in [0.25, 0.3) is 0 Å². The van der Waals surface area contributed by atoms with Crippen molar-refractivity contribution in [2.45, 2.75) is 6.92 Å².